The van der Waals surface area contributed by atoms with E-state index in [0.717, 1.165) is 7.05 Å². The van der Waals surface area contributed by atoms with Gasteiger partial charge in [0.25, 0.3) is 0 Å². The van der Waals surface area contributed by atoms with Crippen molar-refractivity contribution in [1.82, 2.24) is 9.78 Å². The average Bonchev–Trinajstić information content (AvgIpc) is 2.87. The predicted molar refractivity (Wildman–Crippen MR) is 95.1 cm³/mol. The quantitative estimate of drug-likeness (QED) is 0.249. The van der Waals surface area contributed by atoms with E-state index in [4.69, 9.17) is 16.3 Å². The zero-order chi connectivity index (χ0) is 22.1. The van der Waals surface area contributed by atoms with Gasteiger partial charge in [-0.25, -0.2) is 9.18 Å². The zero-order valence-corrected chi connectivity index (χ0v) is 17.0. The van der Waals surface area contributed by atoms with Crippen molar-refractivity contribution < 1.29 is 36.8 Å². The van der Waals surface area contributed by atoms with E-state index in [-0.39, 0.29) is 6.61 Å². The van der Waals surface area contributed by atoms with Gasteiger partial charge in [0.05, 0.1) is 21.0 Å². The van der Waals surface area contributed by atoms with E-state index in [9.17, 15) is 32.5 Å². The van der Waals surface area contributed by atoms with E-state index in [2.05, 4.69) is 25.8 Å². The van der Waals surface area contributed by atoms with Gasteiger partial charge in [-0.2, -0.15) is 18.3 Å². The summed E-state index contributed by atoms with van der Waals surface area (Å²) in [6, 6.07) is 0.610. The van der Waals surface area contributed by atoms with E-state index in [0.29, 0.717) is 10.7 Å². The summed E-state index contributed by atoms with van der Waals surface area (Å²) in [6.07, 6.45) is -4.88. The van der Waals surface area contributed by atoms with Crippen molar-refractivity contribution in [2.45, 2.75) is 13.1 Å². The molecule has 0 aliphatic rings. The summed E-state index contributed by atoms with van der Waals surface area (Å²) in [5, 5.41) is 14.6. The summed E-state index contributed by atoms with van der Waals surface area (Å²) in [5.74, 6) is -2.91. The Morgan fingerprint density at radius 1 is 1.45 bits per heavy atom. The van der Waals surface area contributed by atoms with Crippen LogP contribution in [0.25, 0.3) is 11.3 Å². The molecule has 0 amide bonds. The minimum Gasteiger partial charge on any atom is -0.474 e. The predicted octanol–water partition coefficient (Wildman–Crippen LogP) is 4.51. The smallest absolute Gasteiger partial charge is 0.434 e. The lowest BCUT2D eigenvalue weighted by Crippen LogP contribution is -2.15. The molecule has 0 unspecified atom stereocenters. The summed E-state index contributed by atoms with van der Waals surface area (Å²) in [7, 11) is 0.939. The molecule has 29 heavy (non-hydrogen) atoms. The first-order valence-corrected chi connectivity index (χ1v) is 8.82. The minimum atomic E-state index is -4.88. The number of nitrogens with zero attached hydrogens (tertiary/aromatic N) is 3. The van der Waals surface area contributed by atoms with E-state index >= 15 is 0 Å². The lowest BCUT2D eigenvalue weighted by atomic mass is 10.1. The maximum atomic E-state index is 14.6. The van der Waals surface area contributed by atoms with Crippen molar-refractivity contribution in [3.63, 3.8) is 0 Å². The SMILES string of the molecule is CCOC(=O)COc1c(Cl)cc(F)c(-c2nn(C)c(C(F)(F)F)c2Br)c1[N+](=O)[O-]. The molecule has 0 spiro atoms. The Bertz CT molecular complexity index is 980. The van der Waals surface area contributed by atoms with Gasteiger partial charge in [0, 0.05) is 7.05 Å². The number of aryl methyl sites for hydroxylation is 1. The molecular formula is C15H11BrClF4N3O5. The third kappa shape index (κ3) is 4.61. The third-order valence-corrected chi connectivity index (χ3v) is 4.51. The maximum Gasteiger partial charge on any atom is 0.434 e. The van der Waals surface area contributed by atoms with Crippen molar-refractivity contribution in [1.29, 1.82) is 0 Å². The maximum absolute atomic E-state index is 14.6. The largest absolute Gasteiger partial charge is 0.474 e. The van der Waals surface area contributed by atoms with E-state index in [1.165, 1.54) is 6.92 Å². The fourth-order valence-corrected chi connectivity index (χ4v) is 3.42. The van der Waals surface area contributed by atoms with Crippen LogP contribution in [0.1, 0.15) is 12.6 Å². The normalized spacial score (nSPS) is 11.4. The highest BCUT2D eigenvalue weighted by molar-refractivity contribution is 9.10. The summed E-state index contributed by atoms with van der Waals surface area (Å²) >= 11 is 8.49. The van der Waals surface area contributed by atoms with Crippen LogP contribution in [0.2, 0.25) is 5.02 Å². The number of esters is 1. The van der Waals surface area contributed by atoms with Crippen LogP contribution in [0.3, 0.4) is 0 Å². The zero-order valence-electron chi connectivity index (χ0n) is 14.6. The summed E-state index contributed by atoms with van der Waals surface area (Å²) < 4.78 is 63.5. The molecule has 0 bridgehead atoms. The van der Waals surface area contributed by atoms with Crippen molar-refractivity contribution in [2.24, 2.45) is 7.05 Å². The molecule has 0 fully saturated rings. The highest BCUT2D eigenvalue weighted by Crippen LogP contribution is 2.48. The fraction of sp³-hybridized carbons (Fsp3) is 0.333. The first kappa shape index (κ1) is 22.9. The van der Waals surface area contributed by atoms with Crippen LogP contribution in [0.5, 0.6) is 5.75 Å². The topological polar surface area (TPSA) is 96.5 Å². The highest BCUT2D eigenvalue weighted by Gasteiger charge is 2.41. The molecule has 0 radical (unpaired) electrons. The Labute approximate surface area is 173 Å². The second-order valence-electron chi connectivity index (χ2n) is 5.38. The number of benzene rings is 1. The molecule has 2 rings (SSSR count). The molecule has 0 aliphatic heterocycles. The van der Waals surface area contributed by atoms with Gasteiger partial charge in [-0.1, -0.05) is 11.6 Å². The van der Waals surface area contributed by atoms with Crippen molar-refractivity contribution in [2.75, 3.05) is 13.2 Å². The van der Waals surface area contributed by atoms with Gasteiger partial charge in [-0.15, -0.1) is 0 Å². The van der Waals surface area contributed by atoms with Gasteiger partial charge >= 0.3 is 17.8 Å². The Morgan fingerprint density at radius 3 is 2.55 bits per heavy atom. The number of aromatic nitrogens is 2. The number of hydrogen-bond donors (Lipinski definition) is 0. The molecule has 1 aromatic heterocycles. The van der Waals surface area contributed by atoms with Crippen molar-refractivity contribution in [3.8, 4) is 17.0 Å². The molecule has 0 saturated heterocycles. The van der Waals surface area contributed by atoms with Crippen LogP contribution < -0.4 is 4.74 Å². The number of nitro benzene ring substituents is 1. The van der Waals surface area contributed by atoms with Gasteiger partial charge in [-0.05, 0) is 28.9 Å². The number of ether oxygens (including phenoxy) is 2. The van der Waals surface area contributed by atoms with Gasteiger partial charge in [-0.3, -0.25) is 14.8 Å². The summed E-state index contributed by atoms with van der Waals surface area (Å²) in [6.45, 7) is 0.727. The summed E-state index contributed by atoms with van der Waals surface area (Å²) in [5.41, 5.74) is -3.96. The second kappa shape index (κ2) is 8.53. The standard InChI is InChI=1S/C15H11BrClF4N3O5/c1-3-28-8(25)5-29-13-6(17)4-7(18)9(12(13)24(26)27)11-10(16)14(15(19,20)21)23(2)22-11/h4H,3,5H2,1-2H3. The van der Waals surface area contributed by atoms with Gasteiger partial charge in [0.15, 0.2) is 12.3 Å². The third-order valence-electron chi connectivity index (χ3n) is 3.48. The van der Waals surface area contributed by atoms with Crippen LogP contribution in [0.4, 0.5) is 23.2 Å². The molecule has 0 N–H and O–H groups in total. The fourth-order valence-electron chi connectivity index (χ4n) is 2.43. The monoisotopic (exact) mass is 503 g/mol. The van der Waals surface area contributed by atoms with Crippen LogP contribution >= 0.6 is 27.5 Å². The molecule has 8 nitrogen and oxygen atoms in total. The Balaban J connectivity index is 2.72. The summed E-state index contributed by atoms with van der Waals surface area (Å²) in [4.78, 5) is 22.0. The lowest BCUT2D eigenvalue weighted by molar-refractivity contribution is -0.385. The van der Waals surface area contributed by atoms with E-state index in [1.807, 2.05) is 0 Å². The molecule has 0 aliphatic carbocycles. The minimum absolute atomic E-state index is 0.00773. The molecule has 1 heterocycles. The Morgan fingerprint density at radius 2 is 2.07 bits per heavy atom. The first-order valence-electron chi connectivity index (χ1n) is 7.64. The first-order chi connectivity index (χ1) is 13.4. The Kier molecular flexibility index (Phi) is 6.73. The van der Waals surface area contributed by atoms with Crippen molar-refractivity contribution >= 4 is 39.2 Å². The molecule has 1 aromatic carbocycles. The van der Waals surface area contributed by atoms with Crippen LogP contribution in [0, 0.1) is 15.9 Å². The highest BCUT2D eigenvalue weighted by atomic mass is 79.9. The van der Waals surface area contributed by atoms with E-state index in [1.54, 1.807) is 0 Å². The second-order valence-corrected chi connectivity index (χ2v) is 6.58. The number of carbonyl (C=O) groups excluding carboxylic acids is 1. The molecule has 158 valence electrons. The van der Waals surface area contributed by atoms with Gasteiger partial charge in [0.2, 0.25) is 5.75 Å². The number of nitro groups is 1. The molecule has 0 atom stereocenters. The van der Waals surface area contributed by atoms with E-state index < -0.39 is 67.4 Å². The number of alkyl halides is 3. The lowest BCUT2D eigenvalue weighted by Gasteiger charge is -2.11. The van der Waals surface area contributed by atoms with Crippen LogP contribution in [0.15, 0.2) is 10.5 Å². The van der Waals surface area contributed by atoms with Crippen LogP contribution in [-0.4, -0.2) is 33.9 Å². The van der Waals surface area contributed by atoms with Crippen LogP contribution in [-0.2, 0) is 22.8 Å². The van der Waals surface area contributed by atoms with Crippen molar-refractivity contribution in [3.05, 3.63) is 37.2 Å². The number of rotatable bonds is 6. The van der Waals surface area contributed by atoms with Gasteiger partial charge < -0.3 is 9.47 Å². The molecule has 14 heteroatoms. The van der Waals surface area contributed by atoms with Gasteiger partial charge in [0.1, 0.15) is 17.1 Å². The average molecular weight is 505 g/mol. The molecule has 2 aromatic rings. The molecule has 0 saturated carbocycles. The number of carbonyl (C=O) groups is 1. The number of halogens is 6. The molecular weight excluding hydrogens is 494 g/mol. The Hall–Kier alpha value is -2.41. The number of hydrogen-bond acceptors (Lipinski definition) is 6.